The number of ether oxygens (including phenoxy) is 1. The van der Waals surface area contributed by atoms with E-state index in [1.54, 1.807) is 7.11 Å². The predicted octanol–water partition coefficient (Wildman–Crippen LogP) is 2.53. The van der Waals surface area contributed by atoms with Gasteiger partial charge >= 0.3 is 0 Å². The van der Waals surface area contributed by atoms with Crippen LogP contribution in [0.25, 0.3) is 0 Å². The SMILES string of the molecule is COC[C@H]1CN(Cc2ccc(C)s2)Cc2nccn2C1. The van der Waals surface area contributed by atoms with E-state index in [4.69, 9.17) is 4.74 Å². The van der Waals surface area contributed by atoms with Crippen molar-refractivity contribution in [2.75, 3.05) is 20.3 Å². The van der Waals surface area contributed by atoms with Crippen LogP contribution in [0.5, 0.6) is 0 Å². The monoisotopic (exact) mass is 291 g/mol. The number of rotatable bonds is 4. The molecule has 0 radical (unpaired) electrons. The van der Waals surface area contributed by atoms with Gasteiger partial charge in [-0.15, -0.1) is 11.3 Å². The van der Waals surface area contributed by atoms with Crippen LogP contribution in [-0.4, -0.2) is 34.7 Å². The molecule has 1 atom stereocenters. The van der Waals surface area contributed by atoms with Crippen LogP contribution in [0.2, 0.25) is 0 Å². The number of methoxy groups -OCH3 is 1. The van der Waals surface area contributed by atoms with E-state index in [9.17, 15) is 0 Å². The van der Waals surface area contributed by atoms with E-state index in [1.807, 2.05) is 17.5 Å². The Hall–Kier alpha value is -1.17. The zero-order valence-corrected chi connectivity index (χ0v) is 12.9. The molecule has 0 saturated carbocycles. The minimum atomic E-state index is 0.525. The van der Waals surface area contributed by atoms with Gasteiger partial charge in [-0.2, -0.15) is 0 Å². The van der Waals surface area contributed by atoms with E-state index in [2.05, 4.69) is 39.7 Å². The number of thiophene rings is 1. The van der Waals surface area contributed by atoms with Gasteiger partial charge in [-0.3, -0.25) is 4.90 Å². The number of hydrogen-bond acceptors (Lipinski definition) is 4. The van der Waals surface area contributed by atoms with E-state index in [0.717, 1.165) is 38.6 Å². The van der Waals surface area contributed by atoms with Gasteiger partial charge in [0.15, 0.2) is 0 Å². The number of nitrogens with zero attached hydrogens (tertiary/aromatic N) is 3. The highest BCUT2D eigenvalue weighted by Gasteiger charge is 2.22. The summed E-state index contributed by atoms with van der Waals surface area (Å²) in [6, 6.07) is 4.44. The highest BCUT2D eigenvalue weighted by Crippen LogP contribution is 2.21. The van der Waals surface area contributed by atoms with Crippen LogP contribution in [0, 0.1) is 12.8 Å². The van der Waals surface area contributed by atoms with Crippen LogP contribution in [0.15, 0.2) is 24.5 Å². The van der Waals surface area contributed by atoms with Crippen molar-refractivity contribution in [3.63, 3.8) is 0 Å². The molecule has 3 heterocycles. The molecular weight excluding hydrogens is 270 g/mol. The Morgan fingerprint density at radius 2 is 2.30 bits per heavy atom. The fourth-order valence-corrected chi connectivity index (χ4v) is 3.81. The largest absolute Gasteiger partial charge is 0.384 e. The van der Waals surface area contributed by atoms with Crippen molar-refractivity contribution < 1.29 is 4.74 Å². The van der Waals surface area contributed by atoms with Crippen molar-refractivity contribution in [3.05, 3.63) is 40.1 Å². The summed E-state index contributed by atoms with van der Waals surface area (Å²) in [5.74, 6) is 1.69. The molecular formula is C15H21N3OS. The van der Waals surface area contributed by atoms with E-state index in [0.29, 0.717) is 5.92 Å². The normalized spacial score (nSPS) is 19.8. The van der Waals surface area contributed by atoms with E-state index < -0.39 is 0 Å². The Morgan fingerprint density at radius 3 is 3.05 bits per heavy atom. The summed E-state index contributed by atoms with van der Waals surface area (Å²) in [6.07, 6.45) is 3.98. The standard InChI is InChI=1S/C15H21N3OS/c1-12-3-4-14(20-12)9-17-7-13(11-19-2)8-18-6-5-16-15(18)10-17/h3-6,13H,7-11H2,1-2H3/t13-/m0/s1. The van der Waals surface area contributed by atoms with Gasteiger partial charge in [-0.05, 0) is 19.1 Å². The highest BCUT2D eigenvalue weighted by molar-refractivity contribution is 7.11. The maximum Gasteiger partial charge on any atom is 0.122 e. The van der Waals surface area contributed by atoms with Gasteiger partial charge in [0.25, 0.3) is 0 Å². The first-order valence-electron chi connectivity index (χ1n) is 7.01. The lowest BCUT2D eigenvalue weighted by atomic mass is 10.1. The third kappa shape index (κ3) is 3.11. The van der Waals surface area contributed by atoms with E-state index in [1.165, 1.54) is 9.75 Å². The fraction of sp³-hybridized carbons (Fsp3) is 0.533. The smallest absolute Gasteiger partial charge is 0.122 e. The predicted molar refractivity (Wildman–Crippen MR) is 80.8 cm³/mol. The Kier molecular flexibility index (Phi) is 4.19. The molecule has 0 amide bonds. The van der Waals surface area contributed by atoms with Crippen molar-refractivity contribution in [2.45, 2.75) is 26.6 Å². The first kappa shape index (κ1) is 13.8. The lowest BCUT2D eigenvalue weighted by molar-refractivity contribution is 0.115. The van der Waals surface area contributed by atoms with Gasteiger partial charge in [0.2, 0.25) is 0 Å². The third-order valence-corrected chi connectivity index (χ3v) is 4.70. The number of aryl methyl sites for hydroxylation is 1. The molecule has 108 valence electrons. The maximum atomic E-state index is 5.37. The van der Waals surface area contributed by atoms with E-state index >= 15 is 0 Å². The second-order valence-electron chi connectivity index (χ2n) is 5.50. The van der Waals surface area contributed by atoms with Crippen molar-refractivity contribution in [1.82, 2.24) is 14.5 Å². The van der Waals surface area contributed by atoms with Crippen molar-refractivity contribution in [1.29, 1.82) is 0 Å². The second-order valence-corrected chi connectivity index (χ2v) is 6.87. The molecule has 4 nitrogen and oxygen atoms in total. The van der Waals surface area contributed by atoms with Gasteiger partial charge in [0.05, 0.1) is 13.2 Å². The van der Waals surface area contributed by atoms with Crippen molar-refractivity contribution >= 4 is 11.3 Å². The molecule has 0 N–H and O–H groups in total. The van der Waals surface area contributed by atoms with Gasteiger partial charge in [-0.1, -0.05) is 0 Å². The third-order valence-electron chi connectivity index (χ3n) is 3.72. The molecule has 20 heavy (non-hydrogen) atoms. The summed E-state index contributed by atoms with van der Waals surface area (Å²) in [6.45, 7) is 6.96. The van der Waals surface area contributed by atoms with E-state index in [-0.39, 0.29) is 0 Å². The quantitative estimate of drug-likeness (QED) is 0.867. The minimum absolute atomic E-state index is 0.525. The molecule has 1 aliphatic heterocycles. The highest BCUT2D eigenvalue weighted by atomic mass is 32.1. The summed E-state index contributed by atoms with van der Waals surface area (Å²) >= 11 is 1.89. The number of hydrogen-bond donors (Lipinski definition) is 0. The molecule has 0 aromatic carbocycles. The Bertz CT molecular complexity index is 563. The lowest BCUT2D eigenvalue weighted by Gasteiger charge is -2.22. The number of aromatic nitrogens is 2. The van der Waals surface area contributed by atoms with Gasteiger partial charge in [0, 0.05) is 54.8 Å². The summed E-state index contributed by atoms with van der Waals surface area (Å²) in [4.78, 5) is 9.79. The molecule has 0 bridgehead atoms. The molecule has 2 aromatic heterocycles. The van der Waals surface area contributed by atoms with Crippen molar-refractivity contribution in [2.24, 2.45) is 5.92 Å². The van der Waals surface area contributed by atoms with Crippen LogP contribution in [0.3, 0.4) is 0 Å². The second kappa shape index (κ2) is 6.08. The van der Waals surface area contributed by atoms with Crippen LogP contribution in [-0.2, 0) is 24.4 Å². The number of imidazole rings is 1. The molecule has 2 aromatic rings. The van der Waals surface area contributed by atoms with Crippen LogP contribution >= 0.6 is 11.3 Å². The summed E-state index contributed by atoms with van der Waals surface area (Å²) in [7, 11) is 1.78. The maximum absolute atomic E-state index is 5.37. The lowest BCUT2D eigenvalue weighted by Crippen LogP contribution is -2.29. The first-order chi connectivity index (χ1) is 9.74. The van der Waals surface area contributed by atoms with Crippen LogP contribution in [0.1, 0.15) is 15.6 Å². The molecule has 0 unspecified atom stereocenters. The minimum Gasteiger partial charge on any atom is -0.384 e. The molecule has 0 saturated heterocycles. The summed E-state index contributed by atoms with van der Waals surface area (Å²) in [5.41, 5.74) is 0. The first-order valence-corrected chi connectivity index (χ1v) is 7.83. The molecule has 0 aliphatic carbocycles. The zero-order chi connectivity index (χ0) is 13.9. The summed E-state index contributed by atoms with van der Waals surface area (Å²) < 4.78 is 7.64. The summed E-state index contributed by atoms with van der Waals surface area (Å²) in [5, 5.41) is 0. The molecule has 0 fully saturated rings. The van der Waals surface area contributed by atoms with Crippen LogP contribution < -0.4 is 0 Å². The molecule has 3 rings (SSSR count). The average Bonchev–Trinajstić information content (AvgIpc) is 2.96. The van der Waals surface area contributed by atoms with Crippen LogP contribution in [0.4, 0.5) is 0 Å². The topological polar surface area (TPSA) is 30.3 Å². The van der Waals surface area contributed by atoms with Gasteiger partial charge < -0.3 is 9.30 Å². The van der Waals surface area contributed by atoms with Gasteiger partial charge in [0.1, 0.15) is 5.82 Å². The zero-order valence-electron chi connectivity index (χ0n) is 12.1. The van der Waals surface area contributed by atoms with Gasteiger partial charge in [-0.25, -0.2) is 4.98 Å². The molecule has 5 heteroatoms. The fourth-order valence-electron chi connectivity index (χ4n) is 2.88. The molecule has 0 spiro atoms. The van der Waals surface area contributed by atoms with Crippen molar-refractivity contribution in [3.8, 4) is 0 Å². The Morgan fingerprint density at radius 1 is 1.40 bits per heavy atom. The Labute approximate surface area is 124 Å². The number of fused-ring (bicyclic) bond motifs is 1. The Balaban J connectivity index is 1.76. The molecule has 1 aliphatic rings. The average molecular weight is 291 g/mol.